The van der Waals surface area contributed by atoms with Crippen molar-refractivity contribution in [1.29, 1.82) is 0 Å². The molecule has 3 aromatic rings. The zero-order chi connectivity index (χ0) is 12.4. The Hall–Kier alpha value is -2.27. The van der Waals surface area contributed by atoms with Crippen molar-refractivity contribution in [2.75, 3.05) is 5.73 Å². The third-order valence-electron chi connectivity index (χ3n) is 2.47. The minimum atomic E-state index is 0.534. The van der Waals surface area contributed by atoms with Gasteiger partial charge in [-0.05, 0) is 5.56 Å². The molecular weight excluding hydrogens is 244 g/mol. The van der Waals surface area contributed by atoms with Crippen LogP contribution in [0, 0.1) is 0 Å². The molecule has 0 bridgehead atoms. The standard InChI is InChI=1S/C13H10N4S/c14-12-11(9-4-2-1-3-5-9)18-13(17-12)10-8-15-6-7-16-10/h1-8H,14H2. The van der Waals surface area contributed by atoms with Gasteiger partial charge in [-0.15, -0.1) is 11.3 Å². The third kappa shape index (κ3) is 1.96. The topological polar surface area (TPSA) is 64.7 Å². The molecule has 2 heterocycles. The largest absolute Gasteiger partial charge is 0.382 e. The summed E-state index contributed by atoms with van der Waals surface area (Å²) in [5, 5.41) is 0.791. The van der Waals surface area contributed by atoms with Crippen molar-refractivity contribution < 1.29 is 0 Å². The average molecular weight is 254 g/mol. The van der Waals surface area contributed by atoms with E-state index in [1.807, 2.05) is 30.3 Å². The van der Waals surface area contributed by atoms with Crippen molar-refractivity contribution in [3.8, 4) is 21.1 Å². The maximum atomic E-state index is 5.96. The van der Waals surface area contributed by atoms with Gasteiger partial charge in [0.05, 0.1) is 11.1 Å². The molecule has 0 aliphatic heterocycles. The van der Waals surface area contributed by atoms with Gasteiger partial charge in [-0.25, -0.2) is 4.98 Å². The highest BCUT2D eigenvalue weighted by molar-refractivity contribution is 7.19. The second-order valence-electron chi connectivity index (χ2n) is 3.69. The first-order valence-corrected chi connectivity index (χ1v) is 6.24. The fourth-order valence-corrected chi connectivity index (χ4v) is 2.60. The van der Waals surface area contributed by atoms with Gasteiger partial charge in [-0.3, -0.25) is 9.97 Å². The van der Waals surface area contributed by atoms with Crippen LogP contribution in [-0.4, -0.2) is 15.0 Å². The van der Waals surface area contributed by atoms with Gasteiger partial charge in [0.25, 0.3) is 0 Å². The number of anilines is 1. The smallest absolute Gasteiger partial charge is 0.146 e. The summed E-state index contributed by atoms with van der Waals surface area (Å²) in [7, 11) is 0. The van der Waals surface area contributed by atoms with Gasteiger partial charge in [0.2, 0.25) is 0 Å². The van der Waals surface area contributed by atoms with Crippen LogP contribution in [0.1, 0.15) is 0 Å². The highest BCUT2D eigenvalue weighted by Crippen LogP contribution is 2.35. The molecule has 0 aliphatic rings. The van der Waals surface area contributed by atoms with Crippen LogP contribution in [0.2, 0.25) is 0 Å². The molecule has 0 amide bonds. The second-order valence-corrected chi connectivity index (χ2v) is 4.69. The van der Waals surface area contributed by atoms with E-state index in [1.165, 1.54) is 11.3 Å². The quantitative estimate of drug-likeness (QED) is 0.763. The molecule has 18 heavy (non-hydrogen) atoms. The zero-order valence-electron chi connectivity index (χ0n) is 9.45. The number of nitrogens with zero attached hydrogens (tertiary/aromatic N) is 3. The molecule has 0 fully saturated rings. The summed E-state index contributed by atoms with van der Waals surface area (Å²) < 4.78 is 0. The van der Waals surface area contributed by atoms with Crippen molar-refractivity contribution >= 4 is 17.2 Å². The van der Waals surface area contributed by atoms with Gasteiger partial charge in [-0.1, -0.05) is 30.3 Å². The Morgan fingerprint density at radius 2 is 1.89 bits per heavy atom. The summed E-state index contributed by atoms with van der Waals surface area (Å²) in [6.07, 6.45) is 4.97. The van der Waals surface area contributed by atoms with Crippen LogP contribution in [0.4, 0.5) is 5.82 Å². The fourth-order valence-electron chi connectivity index (χ4n) is 1.65. The number of rotatable bonds is 2. The monoisotopic (exact) mass is 254 g/mol. The van der Waals surface area contributed by atoms with Crippen molar-refractivity contribution in [2.24, 2.45) is 0 Å². The summed E-state index contributed by atoms with van der Waals surface area (Å²) in [6.45, 7) is 0. The summed E-state index contributed by atoms with van der Waals surface area (Å²) in [5.41, 5.74) is 7.78. The summed E-state index contributed by atoms with van der Waals surface area (Å²) >= 11 is 1.53. The summed E-state index contributed by atoms with van der Waals surface area (Å²) in [5.74, 6) is 0.534. The summed E-state index contributed by atoms with van der Waals surface area (Å²) in [6, 6.07) is 9.98. The van der Waals surface area contributed by atoms with E-state index in [1.54, 1.807) is 18.6 Å². The molecule has 0 saturated carbocycles. The van der Waals surface area contributed by atoms with Crippen molar-refractivity contribution in [2.45, 2.75) is 0 Å². The van der Waals surface area contributed by atoms with E-state index in [0.29, 0.717) is 5.82 Å². The van der Waals surface area contributed by atoms with Gasteiger partial charge in [-0.2, -0.15) is 0 Å². The van der Waals surface area contributed by atoms with Gasteiger partial charge in [0.1, 0.15) is 16.5 Å². The van der Waals surface area contributed by atoms with E-state index in [0.717, 1.165) is 21.1 Å². The number of thiazole rings is 1. The minimum absolute atomic E-state index is 0.534. The van der Waals surface area contributed by atoms with Crippen LogP contribution < -0.4 is 5.73 Å². The molecule has 1 aromatic carbocycles. The molecule has 4 nitrogen and oxygen atoms in total. The number of hydrogen-bond donors (Lipinski definition) is 1. The van der Waals surface area contributed by atoms with Crippen molar-refractivity contribution in [1.82, 2.24) is 15.0 Å². The van der Waals surface area contributed by atoms with E-state index in [9.17, 15) is 0 Å². The Labute approximate surface area is 108 Å². The van der Waals surface area contributed by atoms with E-state index in [-0.39, 0.29) is 0 Å². The second kappa shape index (κ2) is 4.54. The molecule has 0 saturated heterocycles. The number of hydrogen-bond acceptors (Lipinski definition) is 5. The lowest BCUT2D eigenvalue weighted by molar-refractivity contribution is 1.20. The van der Waals surface area contributed by atoms with Crippen LogP contribution in [0.25, 0.3) is 21.1 Å². The Kier molecular flexibility index (Phi) is 2.74. The lowest BCUT2D eigenvalue weighted by Crippen LogP contribution is -1.88. The van der Waals surface area contributed by atoms with Gasteiger partial charge < -0.3 is 5.73 Å². The zero-order valence-corrected chi connectivity index (χ0v) is 10.3. The molecule has 0 unspecified atom stereocenters. The molecule has 0 aliphatic carbocycles. The lowest BCUT2D eigenvalue weighted by Gasteiger charge is -1.96. The first-order chi connectivity index (χ1) is 8.84. The highest BCUT2D eigenvalue weighted by atomic mass is 32.1. The molecule has 0 spiro atoms. The maximum absolute atomic E-state index is 5.96. The molecule has 3 rings (SSSR count). The Balaban J connectivity index is 2.07. The number of benzene rings is 1. The van der Waals surface area contributed by atoms with Gasteiger partial charge in [0, 0.05) is 12.4 Å². The Morgan fingerprint density at radius 3 is 2.61 bits per heavy atom. The van der Waals surface area contributed by atoms with Gasteiger partial charge >= 0.3 is 0 Å². The molecule has 2 aromatic heterocycles. The predicted octanol–water partition coefficient (Wildman–Crippen LogP) is 2.85. The Bertz CT molecular complexity index is 649. The first-order valence-electron chi connectivity index (χ1n) is 5.43. The number of nitrogens with two attached hydrogens (primary N) is 1. The van der Waals surface area contributed by atoms with Crippen LogP contribution in [0.3, 0.4) is 0 Å². The predicted molar refractivity (Wildman–Crippen MR) is 73.0 cm³/mol. The SMILES string of the molecule is Nc1nc(-c2cnccn2)sc1-c1ccccc1. The minimum Gasteiger partial charge on any atom is -0.382 e. The average Bonchev–Trinajstić information content (AvgIpc) is 2.83. The normalized spacial score (nSPS) is 10.4. The van der Waals surface area contributed by atoms with Crippen molar-refractivity contribution in [3.05, 3.63) is 48.9 Å². The number of aromatic nitrogens is 3. The molecule has 2 N–H and O–H groups in total. The molecule has 0 radical (unpaired) electrons. The molecule has 5 heteroatoms. The van der Waals surface area contributed by atoms with Crippen LogP contribution >= 0.6 is 11.3 Å². The summed E-state index contributed by atoms with van der Waals surface area (Å²) in [4.78, 5) is 13.6. The molecule has 88 valence electrons. The first kappa shape index (κ1) is 10.9. The Morgan fingerprint density at radius 1 is 1.06 bits per heavy atom. The fraction of sp³-hybridized carbons (Fsp3) is 0. The lowest BCUT2D eigenvalue weighted by atomic mass is 10.2. The van der Waals surface area contributed by atoms with E-state index in [4.69, 9.17) is 5.73 Å². The molecule has 0 atom stereocenters. The van der Waals surface area contributed by atoms with E-state index in [2.05, 4.69) is 15.0 Å². The van der Waals surface area contributed by atoms with Crippen LogP contribution in [0.15, 0.2) is 48.9 Å². The van der Waals surface area contributed by atoms with Crippen LogP contribution in [-0.2, 0) is 0 Å². The van der Waals surface area contributed by atoms with Crippen LogP contribution in [0.5, 0.6) is 0 Å². The number of nitrogen functional groups attached to an aromatic ring is 1. The highest BCUT2D eigenvalue weighted by Gasteiger charge is 2.12. The van der Waals surface area contributed by atoms with Crippen molar-refractivity contribution in [3.63, 3.8) is 0 Å². The van der Waals surface area contributed by atoms with Gasteiger partial charge in [0.15, 0.2) is 0 Å². The van der Waals surface area contributed by atoms with E-state index >= 15 is 0 Å². The maximum Gasteiger partial charge on any atom is 0.146 e. The van der Waals surface area contributed by atoms with E-state index < -0.39 is 0 Å². The molecular formula is C13H10N4S. The third-order valence-corrected chi connectivity index (χ3v) is 3.61.